The number of hydrogen-bond acceptors (Lipinski definition) is 0. The maximum absolute atomic E-state index is 13.9. The van der Waals surface area contributed by atoms with E-state index in [2.05, 4.69) is 0 Å². The molecule has 19 heteroatoms. The monoisotopic (exact) mass is 652 g/mol. The second kappa shape index (κ2) is 12.7. The summed E-state index contributed by atoms with van der Waals surface area (Å²) in [6.07, 6.45) is -7.64. The summed E-state index contributed by atoms with van der Waals surface area (Å²) >= 11 is 0. The van der Waals surface area contributed by atoms with E-state index in [9.17, 15) is 83.4 Å². The molecule has 41 heavy (non-hydrogen) atoms. The van der Waals surface area contributed by atoms with Gasteiger partial charge in [0, 0.05) is 6.42 Å². The van der Waals surface area contributed by atoms with Crippen molar-refractivity contribution in [2.24, 2.45) is 5.92 Å². The summed E-state index contributed by atoms with van der Waals surface area (Å²) in [4.78, 5) is 0. The lowest BCUT2D eigenvalue weighted by Crippen LogP contribution is -2.75. The first kappa shape index (κ1) is 39.7. The van der Waals surface area contributed by atoms with Gasteiger partial charge in [-0.15, -0.1) is 0 Å². The molecule has 0 saturated carbocycles. The van der Waals surface area contributed by atoms with Gasteiger partial charge in [0.1, 0.15) is 0 Å². The molecular weight excluding hydrogens is 625 g/mol. The predicted octanol–water partition coefficient (Wildman–Crippen LogP) is 11.2. The molecule has 0 saturated heterocycles. The molecule has 0 heterocycles. The molecule has 0 fully saturated rings. The third-order valence-corrected chi connectivity index (χ3v) is 6.20. The Morgan fingerprint density at radius 3 is 0.927 bits per heavy atom. The molecule has 0 bridgehead atoms. The van der Waals surface area contributed by atoms with Crippen LogP contribution in [-0.2, 0) is 0 Å². The Labute approximate surface area is 222 Å². The lowest BCUT2D eigenvalue weighted by molar-refractivity contribution is -0.468. The van der Waals surface area contributed by atoms with Crippen molar-refractivity contribution >= 4 is 0 Å². The second-order valence-electron chi connectivity index (χ2n) is 9.98. The Morgan fingerprint density at radius 2 is 0.610 bits per heavy atom. The standard InChI is InChI=1S/C22H27F19/c1-13(2)11-9-7-5-3-4-6-8-10-12-14(23,24)15(25,26)16(27,28)17(29,30)18(31,32)19(33,34)20(35,36)21(37,38)22(39,40)41/h13H,3-12H2,1-2H3. The van der Waals surface area contributed by atoms with Crippen molar-refractivity contribution in [3.63, 3.8) is 0 Å². The fourth-order valence-corrected chi connectivity index (χ4v) is 3.51. The molecule has 0 rings (SSSR count). The molecule has 0 amide bonds. The minimum atomic E-state index is -8.86. The first-order valence-corrected chi connectivity index (χ1v) is 12.0. The first-order chi connectivity index (χ1) is 17.9. The van der Waals surface area contributed by atoms with Crippen LogP contribution in [0.5, 0.6) is 0 Å². The van der Waals surface area contributed by atoms with Gasteiger partial charge in [0.25, 0.3) is 0 Å². The van der Waals surface area contributed by atoms with E-state index in [-0.39, 0.29) is 6.42 Å². The van der Waals surface area contributed by atoms with Crippen molar-refractivity contribution in [1.29, 1.82) is 0 Å². The Hall–Kier alpha value is -1.33. The molecule has 0 aliphatic heterocycles. The molecule has 0 aromatic rings. The van der Waals surface area contributed by atoms with Crippen LogP contribution >= 0.6 is 0 Å². The maximum Gasteiger partial charge on any atom is 0.460 e. The third-order valence-electron chi connectivity index (χ3n) is 6.20. The van der Waals surface area contributed by atoms with Crippen molar-refractivity contribution in [3.8, 4) is 0 Å². The molecule has 0 spiro atoms. The van der Waals surface area contributed by atoms with Gasteiger partial charge >= 0.3 is 53.6 Å². The van der Waals surface area contributed by atoms with E-state index in [0.29, 0.717) is 25.2 Å². The van der Waals surface area contributed by atoms with Gasteiger partial charge in [0.05, 0.1) is 0 Å². The molecule has 0 aliphatic carbocycles. The van der Waals surface area contributed by atoms with E-state index in [1.165, 1.54) is 0 Å². The lowest BCUT2D eigenvalue weighted by atomic mass is 9.86. The zero-order valence-corrected chi connectivity index (χ0v) is 21.3. The number of alkyl halides is 19. The van der Waals surface area contributed by atoms with Gasteiger partial charge in [-0.1, -0.05) is 65.2 Å². The first-order valence-electron chi connectivity index (χ1n) is 12.0. The summed E-state index contributed by atoms with van der Waals surface area (Å²) in [5.41, 5.74) is 0. The van der Waals surface area contributed by atoms with E-state index in [1.54, 1.807) is 0 Å². The van der Waals surface area contributed by atoms with Gasteiger partial charge in [0.15, 0.2) is 0 Å². The summed E-state index contributed by atoms with van der Waals surface area (Å²) < 4.78 is 253. The largest absolute Gasteiger partial charge is 0.460 e. The van der Waals surface area contributed by atoms with Gasteiger partial charge in [-0.25, -0.2) is 0 Å². The van der Waals surface area contributed by atoms with E-state index in [0.717, 1.165) is 19.3 Å². The van der Waals surface area contributed by atoms with E-state index >= 15 is 0 Å². The molecule has 0 unspecified atom stereocenters. The topological polar surface area (TPSA) is 0 Å². The maximum atomic E-state index is 13.9. The van der Waals surface area contributed by atoms with Gasteiger partial charge < -0.3 is 0 Å². The summed E-state index contributed by atoms with van der Waals surface area (Å²) in [7, 11) is 0. The average Bonchev–Trinajstić information content (AvgIpc) is 2.78. The fraction of sp³-hybridized carbons (Fsp3) is 1.00. The highest BCUT2D eigenvalue weighted by Gasteiger charge is 2.96. The molecule has 0 N–H and O–H groups in total. The zero-order valence-electron chi connectivity index (χ0n) is 21.3. The molecular formula is C22H27F19. The van der Waals surface area contributed by atoms with Crippen molar-refractivity contribution < 1.29 is 83.4 Å². The van der Waals surface area contributed by atoms with E-state index in [4.69, 9.17) is 0 Å². The van der Waals surface area contributed by atoms with Crippen LogP contribution in [0.15, 0.2) is 0 Å². The van der Waals surface area contributed by atoms with Crippen molar-refractivity contribution in [2.75, 3.05) is 0 Å². The summed E-state index contributed by atoms with van der Waals surface area (Å²) in [5.74, 6) is -65.4. The molecule has 0 aromatic carbocycles. The van der Waals surface area contributed by atoms with Crippen LogP contribution in [0, 0.1) is 5.92 Å². The predicted molar refractivity (Wildman–Crippen MR) is 107 cm³/mol. The Kier molecular flexibility index (Phi) is 12.3. The fourth-order valence-electron chi connectivity index (χ4n) is 3.51. The number of unbranched alkanes of at least 4 members (excludes halogenated alkanes) is 7. The Bertz CT molecular complexity index is 810. The van der Waals surface area contributed by atoms with Crippen LogP contribution in [0.2, 0.25) is 0 Å². The summed E-state index contributed by atoms with van der Waals surface area (Å²) in [6.45, 7) is 3.96. The Balaban J connectivity index is 5.75. The van der Waals surface area contributed by atoms with Gasteiger partial charge in [0.2, 0.25) is 0 Å². The van der Waals surface area contributed by atoms with E-state index in [1.807, 2.05) is 13.8 Å². The number of rotatable bonds is 18. The molecule has 0 radical (unpaired) electrons. The second-order valence-corrected chi connectivity index (χ2v) is 9.98. The van der Waals surface area contributed by atoms with Crippen LogP contribution in [0.3, 0.4) is 0 Å². The lowest BCUT2D eigenvalue weighted by Gasteiger charge is -2.43. The zero-order chi connectivity index (χ0) is 33.1. The normalized spacial score (nSPS) is 15.7. The highest BCUT2D eigenvalue weighted by atomic mass is 19.4. The van der Waals surface area contributed by atoms with Crippen LogP contribution < -0.4 is 0 Å². The Morgan fingerprint density at radius 1 is 0.341 bits per heavy atom. The van der Waals surface area contributed by atoms with Gasteiger partial charge in [-0.3, -0.25) is 0 Å². The SMILES string of the molecule is CC(C)CCCCCCCCCCC(F)(F)C(F)(F)C(F)(F)C(F)(F)C(F)(F)C(F)(F)C(F)(F)C(F)(F)C(F)(F)F. The number of halogens is 19. The molecule has 0 atom stereocenters. The van der Waals surface area contributed by atoms with Crippen molar-refractivity contribution in [3.05, 3.63) is 0 Å². The van der Waals surface area contributed by atoms with Crippen LogP contribution in [0.4, 0.5) is 83.4 Å². The van der Waals surface area contributed by atoms with Crippen molar-refractivity contribution in [2.45, 2.75) is 132 Å². The minimum absolute atomic E-state index is 0.0329. The van der Waals surface area contributed by atoms with E-state index < -0.39 is 72.8 Å². The summed E-state index contributed by atoms with van der Waals surface area (Å²) in [6, 6.07) is 0. The highest BCUT2D eigenvalue weighted by Crippen LogP contribution is 2.65. The smallest absolute Gasteiger partial charge is 0.200 e. The van der Waals surface area contributed by atoms with Crippen LogP contribution in [0.25, 0.3) is 0 Å². The molecule has 0 aliphatic rings. The average molecular weight is 652 g/mol. The van der Waals surface area contributed by atoms with Gasteiger partial charge in [-0.05, 0) is 12.3 Å². The summed E-state index contributed by atoms with van der Waals surface area (Å²) in [5, 5.41) is 0. The molecule has 0 nitrogen and oxygen atoms in total. The number of hydrogen-bond donors (Lipinski definition) is 0. The van der Waals surface area contributed by atoms with Crippen molar-refractivity contribution in [1.82, 2.24) is 0 Å². The van der Waals surface area contributed by atoms with Crippen LogP contribution in [-0.4, -0.2) is 53.6 Å². The molecule has 0 aromatic heterocycles. The highest BCUT2D eigenvalue weighted by molar-refractivity contribution is 5.16. The minimum Gasteiger partial charge on any atom is -0.200 e. The van der Waals surface area contributed by atoms with Gasteiger partial charge in [-0.2, -0.15) is 83.4 Å². The van der Waals surface area contributed by atoms with Crippen LogP contribution in [0.1, 0.15) is 78.1 Å². The molecule has 248 valence electrons. The quantitative estimate of drug-likeness (QED) is 0.102. The third kappa shape index (κ3) is 7.25.